The van der Waals surface area contributed by atoms with Crippen molar-refractivity contribution < 1.29 is 14.6 Å². The maximum absolute atomic E-state index is 12.0. The number of allylic oxidation sites excluding steroid dienone is 2. The van der Waals surface area contributed by atoms with Crippen molar-refractivity contribution >= 4 is 17.6 Å². The fraction of sp³-hybridized carbons (Fsp3) is 0.208. The molecule has 0 aliphatic carbocycles. The molecule has 2 aromatic rings. The minimum atomic E-state index is -1.17. The normalized spacial score (nSPS) is 27.5. The summed E-state index contributed by atoms with van der Waals surface area (Å²) in [6, 6.07) is 16.5. The SMILES string of the molecule is CC1(c2ccccc2Cl)C=CC(OCc2ccccc2)(N2C=CC=CC2C(=O)O)N1. The summed E-state index contributed by atoms with van der Waals surface area (Å²) in [5.74, 6) is -2.13. The molecule has 0 aromatic heterocycles. The molecular weight excluding hydrogens is 400 g/mol. The fourth-order valence-electron chi connectivity index (χ4n) is 3.87. The van der Waals surface area contributed by atoms with Gasteiger partial charge in [0.2, 0.25) is 5.85 Å². The van der Waals surface area contributed by atoms with Crippen molar-refractivity contribution in [3.8, 4) is 0 Å². The summed E-state index contributed by atoms with van der Waals surface area (Å²) in [5.41, 5.74) is 1.23. The summed E-state index contributed by atoms with van der Waals surface area (Å²) >= 11 is 6.48. The zero-order valence-corrected chi connectivity index (χ0v) is 17.3. The molecule has 2 heterocycles. The molecule has 30 heavy (non-hydrogen) atoms. The van der Waals surface area contributed by atoms with Crippen molar-refractivity contribution in [2.45, 2.75) is 31.0 Å². The molecule has 4 rings (SSSR count). The first kappa shape index (κ1) is 20.4. The molecule has 2 aliphatic heterocycles. The van der Waals surface area contributed by atoms with E-state index in [1.54, 1.807) is 29.3 Å². The van der Waals surface area contributed by atoms with Crippen LogP contribution in [0.3, 0.4) is 0 Å². The molecule has 0 saturated heterocycles. The topological polar surface area (TPSA) is 61.8 Å². The second-order valence-electron chi connectivity index (χ2n) is 7.53. The van der Waals surface area contributed by atoms with Gasteiger partial charge in [-0.25, -0.2) is 4.79 Å². The molecule has 6 heteroatoms. The molecule has 2 N–H and O–H groups in total. The molecule has 5 nitrogen and oxygen atoms in total. The van der Waals surface area contributed by atoms with Gasteiger partial charge in [-0.2, -0.15) is 0 Å². The van der Waals surface area contributed by atoms with Crippen LogP contribution in [-0.4, -0.2) is 27.9 Å². The van der Waals surface area contributed by atoms with Crippen molar-refractivity contribution in [3.63, 3.8) is 0 Å². The Hall–Kier alpha value is -2.86. The molecule has 0 bridgehead atoms. The first-order valence-corrected chi connectivity index (χ1v) is 10.1. The van der Waals surface area contributed by atoms with Gasteiger partial charge in [0.05, 0.1) is 12.1 Å². The van der Waals surface area contributed by atoms with Gasteiger partial charge >= 0.3 is 5.97 Å². The van der Waals surface area contributed by atoms with E-state index in [-0.39, 0.29) is 0 Å². The van der Waals surface area contributed by atoms with E-state index >= 15 is 0 Å². The summed E-state index contributed by atoms with van der Waals surface area (Å²) < 4.78 is 6.39. The Morgan fingerprint density at radius 1 is 1.13 bits per heavy atom. The maximum atomic E-state index is 12.0. The van der Waals surface area contributed by atoms with E-state index in [1.807, 2.05) is 73.7 Å². The minimum absolute atomic E-state index is 0.303. The number of aliphatic carboxylic acids is 1. The average molecular weight is 423 g/mol. The Morgan fingerprint density at radius 2 is 1.87 bits per heavy atom. The monoisotopic (exact) mass is 422 g/mol. The lowest BCUT2D eigenvalue weighted by molar-refractivity contribution is -0.166. The lowest BCUT2D eigenvalue weighted by Crippen LogP contribution is -2.63. The molecule has 2 aliphatic rings. The number of ether oxygens (including phenoxy) is 1. The number of rotatable bonds is 6. The lowest BCUT2D eigenvalue weighted by Gasteiger charge is -2.45. The third-order valence-electron chi connectivity index (χ3n) is 5.40. The standard InChI is InChI=1S/C24H23ClN2O3/c1-23(19-11-5-6-12-20(19)25)14-15-24(26-23,30-17-18-9-3-2-4-10-18)27-16-8-7-13-21(27)22(28)29/h2-16,21,26H,17H2,1H3,(H,28,29). The number of carbonyl (C=O) groups is 1. The molecule has 2 aromatic carbocycles. The van der Waals surface area contributed by atoms with E-state index < -0.39 is 23.4 Å². The van der Waals surface area contributed by atoms with Crippen LogP contribution >= 0.6 is 11.6 Å². The second kappa shape index (κ2) is 8.11. The molecule has 0 fully saturated rings. The number of carboxylic acid groups (broad SMARTS) is 1. The smallest absolute Gasteiger partial charge is 0.330 e. The first-order valence-electron chi connectivity index (χ1n) is 9.72. The third kappa shape index (κ3) is 3.79. The van der Waals surface area contributed by atoms with Gasteiger partial charge in [-0.1, -0.05) is 78.4 Å². The predicted molar refractivity (Wildman–Crippen MR) is 117 cm³/mol. The highest BCUT2D eigenvalue weighted by Crippen LogP contribution is 2.39. The van der Waals surface area contributed by atoms with Gasteiger partial charge in [0.1, 0.15) is 6.04 Å². The van der Waals surface area contributed by atoms with Crippen LogP contribution in [0.15, 0.2) is 91.2 Å². The van der Waals surface area contributed by atoms with Crippen LogP contribution in [0.5, 0.6) is 0 Å². The Kier molecular flexibility index (Phi) is 5.52. The minimum Gasteiger partial charge on any atom is -0.479 e. The molecule has 0 radical (unpaired) electrons. The highest BCUT2D eigenvalue weighted by molar-refractivity contribution is 6.31. The van der Waals surface area contributed by atoms with Crippen molar-refractivity contribution in [2.75, 3.05) is 0 Å². The van der Waals surface area contributed by atoms with Crippen LogP contribution < -0.4 is 5.32 Å². The molecule has 154 valence electrons. The number of halogens is 1. The van der Waals surface area contributed by atoms with Gasteiger partial charge in [-0.3, -0.25) is 5.32 Å². The molecule has 3 atom stereocenters. The lowest BCUT2D eigenvalue weighted by atomic mass is 9.93. The van der Waals surface area contributed by atoms with E-state index in [2.05, 4.69) is 5.32 Å². The predicted octanol–water partition coefficient (Wildman–Crippen LogP) is 4.42. The van der Waals surface area contributed by atoms with Crippen LogP contribution in [0.2, 0.25) is 5.02 Å². The van der Waals surface area contributed by atoms with Crippen molar-refractivity contribution in [1.29, 1.82) is 0 Å². The van der Waals surface area contributed by atoms with E-state index in [0.29, 0.717) is 11.6 Å². The summed E-state index contributed by atoms with van der Waals surface area (Å²) in [6.07, 6.45) is 10.7. The maximum Gasteiger partial charge on any atom is 0.330 e. The van der Waals surface area contributed by atoms with E-state index in [9.17, 15) is 9.90 Å². The highest BCUT2D eigenvalue weighted by atomic mass is 35.5. The molecular formula is C24H23ClN2O3. The number of nitrogens with one attached hydrogen (secondary N) is 1. The number of hydrogen-bond donors (Lipinski definition) is 2. The Bertz CT molecular complexity index is 1020. The molecule has 0 spiro atoms. The van der Waals surface area contributed by atoms with Gasteiger partial charge in [0.25, 0.3) is 0 Å². The highest BCUT2D eigenvalue weighted by Gasteiger charge is 2.49. The molecule has 0 saturated carbocycles. The summed E-state index contributed by atoms with van der Waals surface area (Å²) in [6.45, 7) is 2.30. The van der Waals surface area contributed by atoms with E-state index in [4.69, 9.17) is 16.3 Å². The number of nitrogens with zero attached hydrogens (tertiary/aromatic N) is 1. The summed E-state index contributed by atoms with van der Waals surface area (Å²) in [4.78, 5) is 13.6. The summed E-state index contributed by atoms with van der Waals surface area (Å²) in [7, 11) is 0. The quantitative estimate of drug-likeness (QED) is 0.674. The largest absolute Gasteiger partial charge is 0.479 e. The zero-order chi connectivity index (χ0) is 21.2. The van der Waals surface area contributed by atoms with Crippen LogP contribution in [0.1, 0.15) is 18.1 Å². The van der Waals surface area contributed by atoms with E-state index in [1.165, 1.54) is 0 Å². The summed E-state index contributed by atoms with van der Waals surface area (Å²) in [5, 5.41) is 14.0. The molecule has 3 unspecified atom stereocenters. The second-order valence-corrected chi connectivity index (χ2v) is 7.94. The van der Waals surface area contributed by atoms with Gasteiger partial charge in [-0.05, 0) is 36.3 Å². The van der Waals surface area contributed by atoms with Crippen LogP contribution in [0, 0.1) is 0 Å². The number of carboxylic acids is 1. The van der Waals surface area contributed by atoms with Crippen LogP contribution in [-0.2, 0) is 21.7 Å². The average Bonchev–Trinajstić information content (AvgIpc) is 3.12. The van der Waals surface area contributed by atoms with Crippen molar-refractivity contribution in [1.82, 2.24) is 10.2 Å². The number of hydrogen-bond acceptors (Lipinski definition) is 4. The van der Waals surface area contributed by atoms with Crippen LogP contribution in [0.25, 0.3) is 0 Å². The van der Waals surface area contributed by atoms with Gasteiger partial charge < -0.3 is 14.7 Å². The Balaban J connectivity index is 1.71. The van der Waals surface area contributed by atoms with Crippen LogP contribution in [0.4, 0.5) is 0 Å². The zero-order valence-electron chi connectivity index (χ0n) is 16.5. The molecule has 0 amide bonds. The van der Waals surface area contributed by atoms with Gasteiger partial charge in [0.15, 0.2) is 0 Å². The van der Waals surface area contributed by atoms with Gasteiger partial charge in [0, 0.05) is 11.2 Å². The Morgan fingerprint density at radius 3 is 2.60 bits per heavy atom. The third-order valence-corrected chi connectivity index (χ3v) is 5.73. The van der Waals surface area contributed by atoms with Crippen molar-refractivity contribution in [2.24, 2.45) is 0 Å². The van der Waals surface area contributed by atoms with Gasteiger partial charge in [-0.15, -0.1) is 0 Å². The fourth-order valence-corrected chi connectivity index (χ4v) is 4.20. The van der Waals surface area contributed by atoms with Crippen molar-refractivity contribution in [3.05, 3.63) is 107 Å². The van der Waals surface area contributed by atoms with E-state index in [0.717, 1.165) is 11.1 Å². The Labute approximate surface area is 180 Å². The first-order chi connectivity index (χ1) is 14.4. The number of benzene rings is 2.